The van der Waals surface area contributed by atoms with Crippen LogP contribution in [-0.4, -0.2) is 32.8 Å². The Morgan fingerprint density at radius 2 is 1.94 bits per heavy atom. The van der Waals surface area contributed by atoms with Crippen molar-refractivity contribution in [3.8, 4) is 23.3 Å². The van der Waals surface area contributed by atoms with Gasteiger partial charge in [-0.15, -0.1) is 0 Å². The Morgan fingerprint density at radius 1 is 1.22 bits per heavy atom. The monoisotopic (exact) mass is 500 g/mol. The maximum atomic E-state index is 13.3. The molecule has 166 valence electrons. The standard InChI is InChI=1S/C22H21BrN4O5/c1-12-18(21(28)26-15-6-4-5-7-16(15)30-2)19(27-22(29)25-12)13-10-14(23)20(32-9-8-24)17(11-13)31-3/h4-7,10-11,19H,9H2,1-3H3,(H,26,28)(H2,25,27,29). The van der Waals surface area contributed by atoms with Gasteiger partial charge in [-0.05, 0) is 52.7 Å². The minimum atomic E-state index is -0.770. The van der Waals surface area contributed by atoms with Gasteiger partial charge in [-0.25, -0.2) is 4.79 Å². The van der Waals surface area contributed by atoms with E-state index < -0.39 is 18.0 Å². The molecule has 0 spiro atoms. The van der Waals surface area contributed by atoms with Gasteiger partial charge in [0.05, 0.1) is 36.0 Å². The number of methoxy groups -OCH3 is 2. The molecule has 9 nitrogen and oxygen atoms in total. The summed E-state index contributed by atoms with van der Waals surface area (Å²) in [5.74, 6) is 0.787. The first kappa shape index (κ1) is 23.0. The summed E-state index contributed by atoms with van der Waals surface area (Å²) in [5.41, 5.74) is 1.80. The number of nitrogens with zero attached hydrogens (tertiary/aromatic N) is 1. The number of allylic oxidation sites excluding steroid dienone is 1. The Labute approximate surface area is 193 Å². The van der Waals surface area contributed by atoms with Crippen molar-refractivity contribution < 1.29 is 23.8 Å². The third kappa shape index (κ3) is 4.78. The molecule has 0 aliphatic carbocycles. The van der Waals surface area contributed by atoms with Crippen molar-refractivity contribution in [2.45, 2.75) is 13.0 Å². The normalized spacial score (nSPS) is 15.2. The quantitative estimate of drug-likeness (QED) is 0.533. The average molecular weight is 501 g/mol. The van der Waals surface area contributed by atoms with E-state index in [4.69, 9.17) is 19.5 Å². The zero-order valence-electron chi connectivity index (χ0n) is 17.6. The van der Waals surface area contributed by atoms with E-state index in [0.717, 1.165) is 0 Å². The van der Waals surface area contributed by atoms with Gasteiger partial charge in [-0.1, -0.05) is 12.1 Å². The molecule has 0 bridgehead atoms. The number of carbonyl (C=O) groups is 2. The smallest absolute Gasteiger partial charge is 0.319 e. The van der Waals surface area contributed by atoms with E-state index in [2.05, 4.69) is 31.9 Å². The molecule has 0 fully saturated rings. The lowest BCUT2D eigenvalue weighted by Gasteiger charge is -2.29. The first-order chi connectivity index (χ1) is 15.4. The van der Waals surface area contributed by atoms with E-state index in [-0.39, 0.29) is 6.61 Å². The minimum absolute atomic E-state index is 0.163. The van der Waals surface area contributed by atoms with Crippen LogP contribution in [0.15, 0.2) is 52.1 Å². The molecule has 1 aliphatic rings. The number of halogens is 1. The summed E-state index contributed by atoms with van der Waals surface area (Å²) in [4.78, 5) is 25.5. The Morgan fingerprint density at radius 3 is 2.62 bits per heavy atom. The molecular formula is C22H21BrN4O5. The SMILES string of the molecule is COc1ccccc1NC(=O)C1=C(C)NC(=O)NC1c1cc(Br)c(OCC#N)c(OC)c1. The third-order valence-corrected chi connectivity index (χ3v) is 5.32. The van der Waals surface area contributed by atoms with Crippen LogP contribution in [0.5, 0.6) is 17.2 Å². The van der Waals surface area contributed by atoms with E-state index in [9.17, 15) is 9.59 Å². The lowest BCUT2D eigenvalue weighted by atomic mass is 9.94. The van der Waals surface area contributed by atoms with Crippen LogP contribution in [0.2, 0.25) is 0 Å². The predicted molar refractivity (Wildman–Crippen MR) is 121 cm³/mol. The minimum Gasteiger partial charge on any atom is -0.495 e. The van der Waals surface area contributed by atoms with Gasteiger partial charge in [0.1, 0.15) is 11.8 Å². The first-order valence-electron chi connectivity index (χ1n) is 9.49. The molecule has 0 radical (unpaired) electrons. The summed E-state index contributed by atoms with van der Waals surface area (Å²) in [6.45, 7) is 1.49. The molecular weight excluding hydrogens is 480 g/mol. The van der Waals surface area contributed by atoms with Crippen molar-refractivity contribution in [2.75, 3.05) is 26.1 Å². The lowest BCUT2D eigenvalue weighted by Crippen LogP contribution is -2.46. The Balaban J connectivity index is 2.02. The number of anilines is 1. The van der Waals surface area contributed by atoms with Gasteiger partial charge < -0.3 is 30.2 Å². The van der Waals surface area contributed by atoms with Crippen LogP contribution in [0.1, 0.15) is 18.5 Å². The predicted octanol–water partition coefficient (Wildman–Crippen LogP) is 3.64. The number of nitriles is 1. The molecule has 1 atom stereocenters. The molecule has 3 amide bonds. The summed E-state index contributed by atoms with van der Waals surface area (Å²) in [7, 11) is 2.97. The van der Waals surface area contributed by atoms with Gasteiger partial charge in [0.25, 0.3) is 5.91 Å². The number of benzene rings is 2. The fraction of sp³-hybridized carbons (Fsp3) is 0.227. The van der Waals surface area contributed by atoms with Crippen LogP contribution in [0.3, 0.4) is 0 Å². The topological polar surface area (TPSA) is 122 Å². The summed E-state index contributed by atoms with van der Waals surface area (Å²) < 4.78 is 16.7. The van der Waals surface area contributed by atoms with Gasteiger partial charge >= 0.3 is 6.03 Å². The van der Waals surface area contributed by atoms with E-state index in [1.54, 1.807) is 43.3 Å². The van der Waals surface area contributed by atoms with E-state index >= 15 is 0 Å². The Bertz CT molecular complexity index is 1130. The molecule has 0 saturated heterocycles. The van der Waals surface area contributed by atoms with Gasteiger partial charge in [-0.2, -0.15) is 5.26 Å². The summed E-state index contributed by atoms with van der Waals surface area (Å²) >= 11 is 3.42. The zero-order valence-corrected chi connectivity index (χ0v) is 19.2. The average Bonchev–Trinajstić information content (AvgIpc) is 2.77. The number of hydrogen-bond acceptors (Lipinski definition) is 6. The number of carbonyl (C=O) groups excluding carboxylic acids is 2. The van der Waals surface area contributed by atoms with Crippen LogP contribution in [0.4, 0.5) is 10.5 Å². The first-order valence-corrected chi connectivity index (χ1v) is 10.3. The fourth-order valence-corrected chi connectivity index (χ4v) is 3.91. The van der Waals surface area contributed by atoms with Crippen molar-refractivity contribution >= 4 is 33.6 Å². The maximum absolute atomic E-state index is 13.3. The second-order valence-corrected chi connectivity index (χ2v) is 7.56. The van der Waals surface area contributed by atoms with E-state index in [0.29, 0.717) is 44.2 Å². The Kier molecular flexibility index (Phi) is 7.22. The molecule has 2 aromatic carbocycles. The fourth-order valence-electron chi connectivity index (χ4n) is 3.33. The highest BCUT2D eigenvalue weighted by Crippen LogP contribution is 2.40. The maximum Gasteiger partial charge on any atom is 0.319 e. The molecule has 1 heterocycles. The highest BCUT2D eigenvalue weighted by atomic mass is 79.9. The highest BCUT2D eigenvalue weighted by molar-refractivity contribution is 9.10. The molecule has 10 heteroatoms. The third-order valence-electron chi connectivity index (χ3n) is 4.74. The zero-order chi connectivity index (χ0) is 23.3. The molecule has 1 unspecified atom stereocenters. The molecule has 3 N–H and O–H groups in total. The molecule has 1 aliphatic heterocycles. The van der Waals surface area contributed by atoms with Crippen molar-refractivity contribution in [3.63, 3.8) is 0 Å². The van der Waals surface area contributed by atoms with Crippen LogP contribution in [-0.2, 0) is 4.79 Å². The van der Waals surface area contributed by atoms with Gasteiger partial charge in [0.2, 0.25) is 0 Å². The van der Waals surface area contributed by atoms with Crippen LogP contribution in [0, 0.1) is 11.3 Å². The van der Waals surface area contributed by atoms with Crippen LogP contribution < -0.4 is 30.2 Å². The van der Waals surface area contributed by atoms with Gasteiger partial charge in [-0.3, -0.25) is 4.79 Å². The van der Waals surface area contributed by atoms with E-state index in [1.807, 2.05) is 6.07 Å². The highest BCUT2D eigenvalue weighted by Gasteiger charge is 2.32. The van der Waals surface area contributed by atoms with Crippen molar-refractivity contribution in [1.82, 2.24) is 10.6 Å². The molecule has 0 saturated carbocycles. The summed E-state index contributed by atoms with van der Waals surface area (Å²) in [5, 5.41) is 17.1. The second-order valence-electron chi connectivity index (χ2n) is 6.71. The van der Waals surface area contributed by atoms with Crippen LogP contribution >= 0.6 is 15.9 Å². The molecule has 0 aromatic heterocycles. The number of nitrogens with one attached hydrogen (secondary N) is 3. The van der Waals surface area contributed by atoms with Gasteiger partial charge in [0, 0.05) is 5.70 Å². The van der Waals surface area contributed by atoms with Crippen molar-refractivity contribution in [3.05, 3.63) is 57.7 Å². The molecule has 2 aromatic rings. The summed E-state index contributed by atoms with van der Waals surface area (Å²) in [6.07, 6.45) is 0. The van der Waals surface area contributed by atoms with Crippen LogP contribution in [0.25, 0.3) is 0 Å². The molecule has 3 rings (SSSR count). The molecule has 32 heavy (non-hydrogen) atoms. The number of para-hydroxylation sites is 2. The van der Waals surface area contributed by atoms with Gasteiger partial charge in [0.15, 0.2) is 18.1 Å². The van der Waals surface area contributed by atoms with E-state index in [1.165, 1.54) is 14.2 Å². The van der Waals surface area contributed by atoms with Crippen molar-refractivity contribution in [2.24, 2.45) is 0 Å². The summed E-state index contributed by atoms with van der Waals surface area (Å²) in [6, 6.07) is 11.1. The number of ether oxygens (including phenoxy) is 3. The number of hydrogen-bond donors (Lipinski definition) is 3. The Hall–Kier alpha value is -3.71. The van der Waals surface area contributed by atoms with Crippen molar-refractivity contribution in [1.29, 1.82) is 5.26 Å². The number of rotatable bonds is 7. The largest absolute Gasteiger partial charge is 0.495 e. The lowest BCUT2D eigenvalue weighted by molar-refractivity contribution is -0.113. The number of amides is 3. The number of urea groups is 1. The second kappa shape index (κ2) is 10.1.